The third kappa shape index (κ3) is 2.79. The molecule has 3 rings (SSSR count). The van der Waals surface area contributed by atoms with Gasteiger partial charge in [0, 0.05) is 24.5 Å². The van der Waals surface area contributed by atoms with Crippen molar-refractivity contribution >= 4 is 10.9 Å². The van der Waals surface area contributed by atoms with Crippen LogP contribution in [0.3, 0.4) is 0 Å². The normalized spacial score (nSPS) is 12.7. The van der Waals surface area contributed by atoms with Crippen LogP contribution in [0.15, 0.2) is 42.5 Å². The highest BCUT2D eigenvalue weighted by molar-refractivity contribution is 5.78. The Morgan fingerprint density at radius 3 is 2.76 bits per heavy atom. The Kier molecular flexibility index (Phi) is 3.68. The van der Waals surface area contributed by atoms with Crippen LogP contribution in [-0.4, -0.2) is 14.8 Å². The Morgan fingerprint density at radius 2 is 2.05 bits per heavy atom. The van der Waals surface area contributed by atoms with Gasteiger partial charge in [0.05, 0.1) is 22.9 Å². The molecule has 0 saturated heterocycles. The fourth-order valence-corrected chi connectivity index (χ4v) is 2.64. The van der Waals surface area contributed by atoms with Gasteiger partial charge in [-0.05, 0) is 25.1 Å². The van der Waals surface area contributed by atoms with Crippen LogP contribution in [0.25, 0.3) is 10.9 Å². The van der Waals surface area contributed by atoms with Gasteiger partial charge in [0.25, 0.3) is 0 Å². The Morgan fingerprint density at radius 1 is 1.24 bits per heavy atom. The smallest absolute Gasteiger partial charge is 0.0705 e. The number of aryl methyl sites for hydroxylation is 2. The lowest BCUT2D eigenvalue weighted by Gasteiger charge is -2.16. The largest absolute Gasteiger partial charge is 0.271 e. The average molecular weight is 281 g/mol. The van der Waals surface area contributed by atoms with Crippen molar-refractivity contribution < 1.29 is 0 Å². The molecule has 1 unspecified atom stereocenters. The lowest BCUT2D eigenvalue weighted by molar-refractivity contribution is 0.504. The number of pyridine rings is 1. The van der Waals surface area contributed by atoms with Crippen molar-refractivity contribution in [3.63, 3.8) is 0 Å². The van der Waals surface area contributed by atoms with E-state index < -0.39 is 0 Å². The Bertz CT molecular complexity index is 762. The predicted octanol–water partition coefficient (Wildman–Crippen LogP) is 2.02. The lowest BCUT2D eigenvalue weighted by atomic mass is 10.1. The second-order valence-electron chi connectivity index (χ2n) is 5.25. The van der Waals surface area contributed by atoms with Gasteiger partial charge in [-0.25, -0.2) is 0 Å². The molecule has 0 spiro atoms. The zero-order valence-corrected chi connectivity index (χ0v) is 12.2. The molecule has 3 N–H and O–H groups in total. The number of benzene rings is 1. The van der Waals surface area contributed by atoms with E-state index in [1.165, 1.54) is 0 Å². The van der Waals surface area contributed by atoms with E-state index >= 15 is 0 Å². The zero-order valence-electron chi connectivity index (χ0n) is 12.2. The highest BCUT2D eigenvalue weighted by Crippen LogP contribution is 2.19. The number of nitrogens with zero attached hydrogens (tertiary/aromatic N) is 3. The third-order valence-electron chi connectivity index (χ3n) is 3.67. The minimum atomic E-state index is -0.00939. The first kappa shape index (κ1) is 13.7. The molecule has 3 aromatic rings. The van der Waals surface area contributed by atoms with E-state index in [4.69, 9.17) is 10.8 Å². The van der Waals surface area contributed by atoms with Crippen LogP contribution in [0.5, 0.6) is 0 Å². The summed E-state index contributed by atoms with van der Waals surface area (Å²) in [5.74, 6) is 5.72. The molecular weight excluding hydrogens is 262 g/mol. The second-order valence-corrected chi connectivity index (χ2v) is 5.25. The summed E-state index contributed by atoms with van der Waals surface area (Å²) in [7, 11) is 1.93. The first-order valence-corrected chi connectivity index (χ1v) is 6.98. The van der Waals surface area contributed by atoms with Crippen molar-refractivity contribution in [3.05, 3.63) is 59.5 Å². The van der Waals surface area contributed by atoms with Crippen LogP contribution in [0, 0.1) is 6.92 Å². The molecular formula is C16H19N5. The highest BCUT2D eigenvalue weighted by Gasteiger charge is 2.16. The summed E-state index contributed by atoms with van der Waals surface area (Å²) >= 11 is 0. The van der Waals surface area contributed by atoms with E-state index in [0.717, 1.165) is 34.4 Å². The molecule has 21 heavy (non-hydrogen) atoms. The molecule has 0 fully saturated rings. The van der Waals surface area contributed by atoms with Crippen molar-refractivity contribution in [1.29, 1.82) is 0 Å². The molecule has 108 valence electrons. The molecule has 0 amide bonds. The molecule has 0 aliphatic heterocycles. The number of nitrogens with two attached hydrogens (primary N) is 1. The number of fused-ring (bicyclic) bond motifs is 1. The molecule has 2 heterocycles. The topological polar surface area (TPSA) is 68.8 Å². The van der Waals surface area contributed by atoms with E-state index in [1.807, 2.05) is 42.9 Å². The molecule has 1 atom stereocenters. The van der Waals surface area contributed by atoms with Gasteiger partial charge in [-0.15, -0.1) is 0 Å². The maximum atomic E-state index is 5.72. The van der Waals surface area contributed by atoms with E-state index in [1.54, 1.807) is 0 Å². The molecule has 2 aromatic heterocycles. The summed E-state index contributed by atoms with van der Waals surface area (Å²) in [5.41, 5.74) is 6.93. The summed E-state index contributed by atoms with van der Waals surface area (Å²) in [5, 5.41) is 5.52. The number of nitrogens with one attached hydrogen (secondary N) is 1. The molecule has 5 heteroatoms. The molecule has 1 aromatic carbocycles. The van der Waals surface area contributed by atoms with Gasteiger partial charge in [-0.3, -0.25) is 20.9 Å². The van der Waals surface area contributed by atoms with Gasteiger partial charge < -0.3 is 0 Å². The minimum absolute atomic E-state index is 0.00939. The first-order chi connectivity index (χ1) is 10.2. The molecule has 0 bridgehead atoms. The zero-order chi connectivity index (χ0) is 14.8. The van der Waals surface area contributed by atoms with Crippen molar-refractivity contribution in [2.45, 2.75) is 19.4 Å². The number of rotatable bonds is 4. The van der Waals surface area contributed by atoms with Gasteiger partial charge >= 0.3 is 0 Å². The number of aromatic nitrogens is 3. The average Bonchev–Trinajstić information content (AvgIpc) is 2.83. The van der Waals surface area contributed by atoms with Gasteiger partial charge in [-0.1, -0.05) is 24.3 Å². The van der Waals surface area contributed by atoms with Crippen molar-refractivity contribution in [2.24, 2.45) is 12.9 Å². The summed E-state index contributed by atoms with van der Waals surface area (Å²) in [6.07, 6.45) is 0.723. The van der Waals surface area contributed by atoms with Crippen LogP contribution in [0.4, 0.5) is 0 Å². The molecule has 0 radical (unpaired) electrons. The fraction of sp³-hybridized carbons (Fsp3) is 0.250. The van der Waals surface area contributed by atoms with Crippen LogP contribution in [0.2, 0.25) is 0 Å². The quantitative estimate of drug-likeness (QED) is 0.567. The Labute approximate surface area is 123 Å². The SMILES string of the molecule is Cc1cc(C(Cc2ccc3ccccc3n2)NN)n(C)n1. The van der Waals surface area contributed by atoms with Crippen LogP contribution >= 0.6 is 0 Å². The highest BCUT2D eigenvalue weighted by atomic mass is 15.3. The summed E-state index contributed by atoms with van der Waals surface area (Å²) in [6, 6.07) is 14.3. The van der Waals surface area contributed by atoms with Crippen molar-refractivity contribution in [3.8, 4) is 0 Å². The van der Waals surface area contributed by atoms with E-state index in [2.05, 4.69) is 28.7 Å². The predicted molar refractivity (Wildman–Crippen MR) is 83.5 cm³/mol. The third-order valence-corrected chi connectivity index (χ3v) is 3.67. The molecule has 0 aliphatic rings. The van der Waals surface area contributed by atoms with Gasteiger partial charge in [0.1, 0.15) is 0 Å². The minimum Gasteiger partial charge on any atom is -0.271 e. The number of hydrogen-bond acceptors (Lipinski definition) is 4. The molecule has 5 nitrogen and oxygen atoms in total. The monoisotopic (exact) mass is 281 g/mol. The Hall–Kier alpha value is -2.24. The van der Waals surface area contributed by atoms with Crippen LogP contribution in [0.1, 0.15) is 23.1 Å². The molecule has 0 saturated carbocycles. The second kappa shape index (κ2) is 5.63. The Balaban J connectivity index is 1.90. The number of para-hydroxylation sites is 1. The summed E-state index contributed by atoms with van der Waals surface area (Å²) in [4.78, 5) is 4.70. The standard InChI is InChI=1S/C16H19N5/c1-11-9-16(21(2)20-11)15(19-17)10-13-8-7-12-5-3-4-6-14(12)18-13/h3-9,15,19H,10,17H2,1-2H3. The van der Waals surface area contributed by atoms with Gasteiger partial charge in [-0.2, -0.15) is 5.10 Å². The molecule has 0 aliphatic carbocycles. The van der Waals surface area contributed by atoms with E-state index in [-0.39, 0.29) is 6.04 Å². The van der Waals surface area contributed by atoms with E-state index in [0.29, 0.717) is 0 Å². The fourth-order valence-electron chi connectivity index (χ4n) is 2.64. The first-order valence-electron chi connectivity index (χ1n) is 6.98. The van der Waals surface area contributed by atoms with Crippen LogP contribution < -0.4 is 11.3 Å². The van der Waals surface area contributed by atoms with Gasteiger partial charge in [0.2, 0.25) is 0 Å². The number of hydrazine groups is 1. The van der Waals surface area contributed by atoms with Crippen molar-refractivity contribution in [2.75, 3.05) is 0 Å². The van der Waals surface area contributed by atoms with Crippen molar-refractivity contribution in [1.82, 2.24) is 20.2 Å². The van der Waals surface area contributed by atoms with E-state index in [9.17, 15) is 0 Å². The lowest BCUT2D eigenvalue weighted by Crippen LogP contribution is -2.31. The number of hydrogen-bond donors (Lipinski definition) is 2. The summed E-state index contributed by atoms with van der Waals surface area (Å²) < 4.78 is 1.86. The van der Waals surface area contributed by atoms with Gasteiger partial charge in [0.15, 0.2) is 0 Å². The maximum absolute atomic E-state index is 5.72. The summed E-state index contributed by atoms with van der Waals surface area (Å²) in [6.45, 7) is 1.98. The van der Waals surface area contributed by atoms with Crippen LogP contribution in [-0.2, 0) is 13.5 Å². The maximum Gasteiger partial charge on any atom is 0.0705 e.